The van der Waals surface area contributed by atoms with Crippen molar-refractivity contribution in [3.05, 3.63) is 36.4 Å². The van der Waals surface area contributed by atoms with Crippen LogP contribution in [-0.4, -0.2) is 41.2 Å². The fourth-order valence-electron chi connectivity index (χ4n) is 1.80. The molecule has 1 aromatic rings. The predicted octanol–water partition coefficient (Wildman–Crippen LogP) is 0.658. The molecule has 0 saturated carbocycles. The molecule has 0 radical (unpaired) electrons. The molecule has 2 rings (SSSR count). The molecule has 1 aliphatic rings. The fraction of sp³-hybridized carbons (Fsp3) is 0.357. The van der Waals surface area contributed by atoms with Gasteiger partial charge in [0.1, 0.15) is 18.0 Å². The van der Waals surface area contributed by atoms with Crippen molar-refractivity contribution in [2.24, 2.45) is 0 Å². The molecule has 0 bridgehead atoms. The first-order valence-electron chi connectivity index (χ1n) is 6.25. The minimum atomic E-state index is -0.831. The van der Waals surface area contributed by atoms with Gasteiger partial charge in [0, 0.05) is 12.6 Å². The van der Waals surface area contributed by atoms with Crippen molar-refractivity contribution in [1.29, 1.82) is 0 Å². The van der Waals surface area contributed by atoms with Crippen molar-refractivity contribution in [3.8, 4) is 5.75 Å². The molecular formula is C14H17NO5. The number of aliphatic hydroxyl groups is 2. The van der Waals surface area contributed by atoms with Crippen molar-refractivity contribution in [2.45, 2.75) is 25.4 Å². The van der Waals surface area contributed by atoms with Crippen molar-refractivity contribution >= 4 is 11.6 Å². The fourth-order valence-corrected chi connectivity index (χ4v) is 1.80. The summed E-state index contributed by atoms with van der Waals surface area (Å²) in [6, 6.07) is 6.81. The number of carbonyl (C=O) groups is 1. The molecule has 0 aliphatic carbocycles. The van der Waals surface area contributed by atoms with Gasteiger partial charge in [-0.3, -0.25) is 4.79 Å². The van der Waals surface area contributed by atoms with Gasteiger partial charge in [0.25, 0.3) is 0 Å². The van der Waals surface area contributed by atoms with Gasteiger partial charge < -0.3 is 25.0 Å². The molecule has 1 unspecified atom stereocenters. The largest absolute Gasteiger partial charge is 0.461 e. The molecule has 1 aliphatic heterocycles. The van der Waals surface area contributed by atoms with E-state index in [1.165, 1.54) is 13.0 Å². The summed E-state index contributed by atoms with van der Waals surface area (Å²) in [5.41, 5.74) is 0.675. The normalized spacial score (nSPS) is 25.2. The molecule has 1 aromatic carbocycles. The Bertz CT molecular complexity index is 485. The quantitative estimate of drug-likeness (QED) is 0.705. The number of hydrogen-bond acceptors (Lipinski definition) is 5. The molecule has 6 heteroatoms. The summed E-state index contributed by atoms with van der Waals surface area (Å²) >= 11 is 0. The topological polar surface area (TPSA) is 88.0 Å². The van der Waals surface area contributed by atoms with Gasteiger partial charge in [-0.15, -0.1) is 0 Å². The van der Waals surface area contributed by atoms with E-state index in [0.717, 1.165) is 0 Å². The van der Waals surface area contributed by atoms with Crippen molar-refractivity contribution in [3.63, 3.8) is 0 Å². The monoisotopic (exact) mass is 279 g/mol. The molecule has 0 spiro atoms. The second-order valence-electron chi connectivity index (χ2n) is 4.42. The van der Waals surface area contributed by atoms with Crippen LogP contribution in [0.5, 0.6) is 5.75 Å². The van der Waals surface area contributed by atoms with Gasteiger partial charge in [-0.05, 0) is 30.3 Å². The number of anilines is 1. The second kappa shape index (κ2) is 6.51. The average Bonchev–Trinajstić information content (AvgIpc) is 2.42. The zero-order chi connectivity index (χ0) is 14.5. The van der Waals surface area contributed by atoms with E-state index in [4.69, 9.17) is 14.6 Å². The highest BCUT2D eigenvalue weighted by atomic mass is 16.7. The molecule has 3 atom stereocenters. The van der Waals surface area contributed by atoms with E-state index < -0.39 is 18.5 Å². The third-order valence-corrected chi connectivity index (χ3v) is 2.76. The molecule has 108 valence electrons. The zero-order valence-electron chi connectivity index (χ0n) is 11.0. The standard InChI is InChI=1S/C14H17NO5/c1-9(17)15-10-2-4-11(5-3-10)19-14-7-6-12(18)13(8-16)20-14/h2-7,12-14,16,18H,8H2,1H3,(H,15,17)/t12-,13+,14?/m0/s1. The lowest BCUT2D eigenvalue weighted by atomic mass is 10.1. The zero-order valence-corrected chi connectivity index (χ0v) is 11.0. The number of benzene rings is 1. The van der Waals surface area contributed by atoms with Gasteiger partial charge in [0.2, 0.25) is 12.2 Å². The SMILES string of the molecule is CC(=O)Nc1ccc(OC2C=C[C@H](O)[C@@H](CO)O2)cc1. The van der Waals surface area contributed by atoms with E-state index in [2.05, 4.69) is 5.32 Å². The van der Waals surface area contributed by atoms with Crippen LogP contribution in [0.3, 0.4) is 0 Å². The van der Waals surface area contributed by atoms with Gasteiger partial charge in [-0.1, -0.05) is 6.08 Å². The summed E-state index contributed by atoms with van der Waals surface area (Å²) < 4.78 is 10.9. The molecule has 20 heavy (non-hydrogen) atoms. The summed E-state index contributed by atoms with van der Waals surface area (Å²) in [5, 5.41) is 21.2. The lowest BCUT2D eigenvalue weighted by Gasteiger charge is -2.28. The van der Waals surface area contributed by atoms with Gasteiger partial charge in [-0.2, -0.15) is 0 Å². The van der Waals surface area contributed by atoms with Gasteiger partial charge >= 0.3 is 0 Å². The van der Waals surface area contributed by atoms with E-state index >= 15 is 0 Å². The lowest BCUT2D eigenvalue weighted by molar-refractivity contribution is -0.142. The maximum Gasteiger partial charge on any atom is 0.221 e. The highest BCUT2D eigenvalue weighted by Gasteiger charge is 2.25. The van der Waals surface area contributed by atoms with E-state index in [-0.39, 0.29) is 12.5 Å². The van der Waals surface area contributed by atoms with Crippen LogP contribution in [0.4, 0.5) is 5.69 Å². The lowest BCUT2D eigenvalue weighted by Crippen LogP contribution is -2.39. The summed E-state index contributed by atoms with van der Waals surface area (Å²) in [6.45, 7) is 1.15. The molecule has 1 heterocycles. The average molecular weight is 279 g/mol. The Kier molecular flexibility index (Phi) is 4.73. The number of aliphatic hydroxyl groups excluding tert-OH is 2. The van der Waals surface area contributed by atoms with Gasteiger partial charge in [0.15, 0.2) is 0 Å². The summed E-state index contributed by atoms with van der Waals surface area (Å²) in [5.74, 6) is 0.416. The Morgan fingerprint density at radius 3 is 2.65 bits per heavy atom. The summed E-state index contributed by atoms with van der Waals surface area (Å²) in [6.07, 6.45) is 0.923. The van der Waals surface area contributed by atoms with Crippen LogP contribution in [0, 0.1) is 0 Å². The van der Waals surface area contributed by atoms with Crippen LogP contribution in [0.25, 0.3) is 0 Å². The third-order valence-electron chi connectivity index (χ3n) is 2.76. The number of carbonyl (C=O) groups excluding carboxylic acids is 1. The predicted molar refractivity (Wildman–Crippen MR) is 72.3 cm³/mol. The molecule has 0 aromatic heterocycles. The Hall–Kier alpha value is -1.89. The van der Waals surface area contributed by atoms with Crippen LogP contribution in [0.1, 0.15) is 6.92 Å². The van der Waals surface area contributed by atoms with E-state index in [1.54, 1.807) is 30.3 Å². The maximum atomic E-state index is 10.9. The minimum absolute atomic E-state index is 0.142. The molecule has 0 saturated heterocycles. The highest BCUT2D eigenvalue weighted by molar-refractivity contribution is 5.88. The maximum absolute atomic E-state index is 10.9. The Labute approximate surface area is 116 Å². The van der Waals surface area contributed by atoms with E-state index in [1.807, 2.05) is 0 Å². The highest BCUT2D eigenvalue weighted by Crippen LogP contribution is 2.20. The Morgan fingerprint density at radius 2 is 2.05 bits per heavy atom. The molecule has 0 fully saturated rings. The summed E-state index contributed by atoms with van der Waals surface area (Å²) in [4.78, 5) is 10.9. The van der Waals surface area contributed by atoms with E-state index in [9.17, 15) is 9.90 Å². The number of hydrogen-bond donors (Lipinski definition) is 3. The first-order valence-corrected chi connectivity index (χ1v) is 6.25. The second-order valence-corrected chi connectivity index (χ2v) is 4.42. The molecule has 3 N–H and O–H groups in total. The van der Waals surface area contributed by atoms with E-state index in [0.29, 0.717) is 11.4 Å². The van der Waals surface area contributed by atoms with Crippen LogP contribution in [0.2, 0.25) is 0 Å². The molecule has 1 amide bonds. The van der Waals surface area contributed by atoms with Crippen LogP contribution in [-0.2, 0) is 9.53 Å². The Morgan fingerprint density at radius 1 is 1.35 bits per heavy atom. The van der Waals surface area contributed by atoms with Crippen LogP contribution in [0.15, 0.2) is 36.4 Å². The number of amides is 1. The third kappa shape index (κ3) is 3.80. The van der Waals surface area contributed by atoms with Crippen molar-refractivity contribution in [1.82, 2.24) is 0 Å². The first-order chi connectivity index (χ1) is 9.58. The molecule has 6 nitrogen and oxygen atoms in total. The Balaban J connectivity index is 1.96. The minimum Gasteiger partial charge on any atom is -0.461 e. The number of ether oxygens (including phenoxy) is 2. The van der Waals surface area contributed by atoms with Gasteiger partial charge in [-0.25, -0.2) is 0 Å². The summed E-state index contributed by atoms with van der Waals surface area (Å²) in [7, 11) is 0. The van der Waals surface area contributed by atoms with Gasteiger partial charge in [0.05, 0.1) is 6.61 Å². The smallest absolute Gasteiger partial charge is 0.221 e. The number of rotatable bonds is 4. The van der Waals surface area contributed by atoms with Crippen molar-refractivity contribution in [2.75, 3.05) is 11.9 Å². The van der Waals surface area contributed by atoms with Crippen molar-refractivity contribution < 1.29 is 24.5 Å². The van der Waals surface area contributed by atoms with Crippen LogP contribution < -0.4 is 10.1 Å². The first kappa shape index (κ1) is 14.5. The number of nitrogens with one attached hydrogen (secondary N) is 1. The van der Waals surface area contributed by atoms with Crippen LogP contribution >= 0.6 is 0 Å². The molecular weight excluding hydrogens is 262 g/mol.